The maximum absolute atomic E-state index is 13.4. The number of hydrogen-bond donors (Lipinski definition) is 0. The van der Waals surface area contributed by atoms with Gasteiger partial charge in [-0.3, -0.25) is 14.3 Å². The number of piperazine rings is 1. The van der Waals surface area contributed by atoms with Crippen LogP contribution in [0.15, 0.2) is 66.0 Å². The van der Waals surface area contributed by atoms with E-state index in [1.54, 1.807) is 22.9 Å². The van der Waals surface area contributed by atoms with E-state index in [1.807, 2.05) is 41.5 Å². The number of amides is 1. The second-order valence-corrected chi connectivity index (χ2v) is 8.01. The predicted octanol–water partition coefficient (Wildman–Crippen LogP) is 3.57. The van der Waals surface area contributed by atoms with Crippen molar-refractivity contribution in [3.8, 4) is 11.4 Å². The largest absolute Gasteiger partial charge is 0.492 e. The highest BCUT2D eigenvalue weighted by molar-refractivity contribution is 7.98. The summed E-state index contributed by atoms with van der Waals surface area (Å²) in [4.78, 5) is 21.8. The Hall–Kier alpha value is -2.84. The van der Waals surface area contributed by atoms with Crippen LogP contribution in [0.2, 0.25) is 0 Å². The van der Waals surface area contributed by atoms with Crippen molar-refractivity contribution in [3.63, 3.8) is 0 Å². The zero-order chi connectivity index (χ0) is 21.6. The van der Waals surface area contributed by atoms with Crippen LogP contribution in [0.25, 0.3) is 5.69 Å². The highest BCUT2D eigenvalue weighted by Crippen LogP contribution is 2.23. The molecule has 162 valence electrons. The van der Waals surface area contributed by atoms with E-state index in [2.05, 4.69) is 9.88 Å². The molecule has 0 radical (unpaired) electrons. The number of aromatic nitrogens is 2. The minimum Gasteiger partial charge on any atom is -0.492 e. The molecule has 1 aliphatic rings. The highest BCUT2D eigenvalue weighted by Gasteiger charge is 2.26. The first-order chi connectivity index (χ1) is 15.2. The van der Waals surface area contributed by atoms with E-state index in [0.29, 0.717) is 30.5 Å². The van der Waals surface area contributed by atoms with Gasteiger partial charge in [-0.25, -0.2) is 9.37 Å². The molecule has 0 N–H and O–H groups in total. The molecule has 1 amide bonds. The van der Waals surface area contributed by atoms with Gasteiger partial charge in [0.2, 0.25) is 0 Å². The molecule has 0 bridgehead atoms. The summed E-state index contributed by atoms with van der Waals surface area (Å²) < 4.78 is 20.9. The van der Waals surface area contributed by atoms with Crippen molar-refractivity contribution in [3.05, 3.63) is 72.3 Å². The molecule has 0 aliphatic carbocycles. The van der Waals surface area contributed by atoms with Crippen LogP contribution in [0.1, 0.15) is 10.5 Å². The van der Waals surface area contributed by atoms with E-state index < -0.39 is 0 Å². The molecule has 1 aliphatic heterocycles. The Morgan fingerprint density at radius 2 is 1.77 bits per heavy atom. The van der Waals surface area contributed by atoms with Gasteiger partial charge in [0.15, 0.2) is 5.16 Å². The Bertz CT molecular complexity index is 1000. The van der Waals surface area contributed by atoms with Crippen LogP contribution in [0.3, 0.4) is 0 Å². The number of benzene rings is 2. The summed E-state index contributed by atoms with van der Waals surface area (Å²) in [7, 11) is 0. The standard InChI is InChI=1S/C23H25FN4O2S/c1-31-23-25-17-21(28(23)19-9-7-18(24)8-10-19)22(29)27-13-11-26(12-14-27)15-16-30-20-5-3-2-4-6-20/h2-10,17H,11-16H2,1H3. The van der Waals surface area contributed by atoms with E-state index in [-0.39, 0.29) is 11.7 Å². The molecule has 1 aromatic heterocycles. The summed E-state index contributed by atoms with van der Waals surface area (Å²) in [5, 5.41) is 0.701. The third kappa shape index (κ3) is 5.08. The Labute approximate surface area is 185 Å². The van der Waals surface area contributed by atoms with Gasteiger partial charge in [0.1, 0.15) is 23.9 Å². The summed E-state index contributed by atoms with van der Waals surface area (Å²) in [5.74, 6) is 0.502. The van der Waals surface area contributed by atoms with Gasteiger partial charge in [0, 0.05) is 38.4 Å². The van der Waals surface area contributed by atoms with Crippen molar-refractivity contribution in [2.24, 2.45) is 0 Å². The van der Waals surface area contributed by atoms with Crippen LogP contribution in [0, 0.1) is 5.82 Å². The molecular formula is C23H25FN4O2S. The monoisotopic (exact) mass is 440 g/mol. The number of carbonyl (C=O) groups excluding carboxylic acids is 1. The molecule has 0 unspecified atom stereocenters. The van der Waals surface area contributed by atoms with Crippen molar-refractivity contribution < 1.29 is 13.9 Å². The number of imidazole rings is 1. The van der Waals surface area contributed by atoms with E-state index in [0.717, 1.165) is 31.1 Å². The lowest BCUT2D eigenvalue weighted by Gasteiger charge is -2.34. The molecule has 6 nitrogen and oxygen atoms in total. The summed E-state index contributed by atoms with van der Waals surface area (Å²) in [6.45, 7) is 4.32. The molecule has 8 heteroatoms. The van der Waals surface area contributed by atoms with Crippen molar-refractivity contribution in [1.82, 2.24) is 19.4 Å². The average molecular weight is 441 g/mol. The molecule has 0 atom stereocenters. The average Bonchev–Trinajstić information content (AvgIpc) is 3.24. The fourth-order valence-electron chi connectivity index (χ4n) is 3.62. The minimum atomic E-state index is -0.310. The SMILES string of the molecule is CSc1ncc(C(=O)N2CCN(CCOc3ccccc3)CC2)n1-c1ccc(F)cc1. The smallest absolute Gasteiger partial charge is 0.272 e. The minimum absolute atomic E-state index is 0.0580. The normalized spacial score (nSPS) is 14.6. The van der Waals surface area contributed by atoms with Gasteiger partial charge in [-0.15, -0.1) is 0 Å². The van der Waals surface area contributed by atoms with E-state index in [4.69, 9.17) is 4.74 Å². The van der Waals surface area contributed by atoms with E-state index in [1.165, 1.54) is 23.9 Å². The zero-order valence-electron chi connectivity index (χ0n) is 17.4. The van der Waals surface area contributed by atoms with Crippen LogP contribution < -0.4 is 4.74 Å². The molecule has 0 spiro atoms. The van der Waals surface area contributed by atoms with E-state index >= 15 is 0 Å². The quantitative estimate of drug-likeness (QED) is 0.526. The lowest BCUT2D eigenvalue weighted by Crippen LogP contribution is -2.49. The maximum atomic E-state index is 13.4. The zero-order valence-corrected chi connectivity index (χ0v) is 18.2. The first-order valence-electron chi connectivity index (χ1n) is 10.2. The molecule has 2 heterocycles. The van der Waals surface area contributed by atoms with E-state index in [9.17, 15) is 9.18 Å². The molecule has 1 fully saturated rings. The molecular weight excluding hydrogens is 415 g/mol. The van der Waals surface area contributed by atoms with Crippen LogP contribution in [0.5, 0.6) is 5.75 Å². The number of halogens is 1. The third-order valence-corrected chi connectivity index (χ3v) is 5.95. The second-order valence-electron chi connectivity index (χ2n) is 7.24. The van der Waals surface area contributed by atoms with Crippen LogP contribution in [-0.2, 0) is 0 Å². The molecule has 1 saturated heterocycles. The number of rotatable bonds is 7. The summed E-state index contributed by atoms with van der Waals surface area (Å²) in [6.07, 6.45) is 3.52. The second kappa shape index (κ2) is 9.98. The van der Waals surface area contributed by atoms with Gasteiger partial charge in [-0.2, -0.15) is 0 Å². The van der Waals surface area contributed by atoms with Gasteiger partial charge in [0.05, 0.1) is 6.20 Å². The van der Waals surface area contributed by atoms with Crippen molar-refractivity contribution in [1.29, 1.82) is 0 Å². The Balaban J connectivity index is 1.37. The summed E-state index contributed by atoms with van der Waals surface area (Å²) in [6, 6.07) is 15.9. The molecule has 4 rings (SSSR count). The molecule has 2 aromatic carbocycles. The fraction of sp³-hybridized carbons (Fsp3) is 0.304. The summed E-state index contributed by atoms with van der Waals surface area (Å²) >= 11 is 1.45. The lowest BCUT2D eigenvalue weighted by molar-refractivity contribution is 0.0612. The van der Waals surface area contributed by atoms with Crippen molar-refractivity contribution >= 4 is 17.7 Å². The number of ether oxygens (including phenoxy) is 1. The first-order valence-corrected chi connectivity index (χ1v) is 11.5. The highest BCUT2D eigenvalue weighted by atomic mass is 32.2. The van der Waals surface area contributed by atoms with Crippen LogP contribution in [0.4, 0.5) is 4.39 Å². The van der Waals surface area contributed by atoms with Gasteiger partial charge >= 0.3 is 0 Å². The van der Waals surface area contributed by atoms with Crippen molar-refractivity contribution in [2.75, 3.05) is 45.6 Å². The third-order valence-electron chi connectivity index (χ3n) is 5.29. The number of hydrogen-bond acceptors (Lipinski definition) is 5. The fourth-order valence-corrected chi connectivity index (χ4v) is 4.16. The number of thioether (sulfide) groups is 1. The predicted molar refractivity (Wildman–Crippen MR) is 120 cm³/mol. The van der Waals surface area contributed by atoms with Gasteiger partial charge in [-0.1, -0.05) is 30.0 Å². The van der Waals surface area contributed by atoms with Crippen LogP contribution in [-0.4, -0.2) is 70.8 Å². The van der Waals surface area contributed by atoms with Gasteiger partial charge < -0.3 is 9.64 Å². The molecule has 0 saturated carbocycles. The number of para-hydroxylation sites is 1. The lowest BCUT2D eigenvalue weighted by atomic mass is 10.2. The molecule has 3 aromatic rings. The Morgan fingerprint density at radius 1 is 1.06 bits per heavy atom. The van der Waals surface area contributed by atoms with Crippen molar-refractivity contribution in [2.45, 2.75) is 5.16 Å². The Kier molecular flexibility index (Phi) is 6.89. The number of carbonyl (C=O) groups is 1. The molecule has 31 heavy (non-hydrogen) atoms. The summed E-state index contributed by atoms with van der Waals surface area (Å²) in [5.41, 5.74) is 1.22. The Morgan fingerprint density at radius 3 is 2.45 bits per heavy atom. The topological polar surface area (TPSA) is 50.6 Å². The van der Waals surface area contributed by atoms with Crippen LogP contribution >= 0.6 is 11.8 Å². The first kappa shape index (κ1) is 21.4. The number of nitrogens with zero attached hydrogens (tertiary/aromatic N) is 4. The maximum Gasteiger partial charge on any atom is 0.272 e. The van der Waals surface area contributed by atoms with Gasteiger partial charge in [0.25, 0.3) is 5.91 Å². The van der Waals surface area contributed by atoms with Gasteiger partial charge in [-0.05, 0) is 42.7 Å².